The molecule has 7 heteroatoms. The highest BCUT2D eigenvalue weighted by atomic mass is 35.5. The van der Waals surface area contributed by atoms with Gasteiger partial charge in [0.2, 0.25) is 0 Å². The SMILES string of the molecule is CC1CN(Cc2cnc(N)s2)c2cc(Cl)ccc2O1.Cl. The van der Waals surface area contributed by atoms with Gasteiger partial charge in [-0.15, -0.1) is 23.7 Å². The van der Waals surface area contributed by atoms with Crippen molar-refractivity contribution in [1.29, 1.82) is 0 Å². The van der Waals surface area contributed by atoms with E-state index < -0.39 is 0 Å². The number of nitrogen functional groups attached to an aromatic ring is 1. The first-order chi connectivity index (χ1) is 9.11. The minimum absolute atomic E-state index is 0. The quantitative estimate of drug-likeness (QED) is 0.913. The van der Waals surface area contributed by atoms with Gasteiger partial charge in [-0.1, -0.05) is 11.6 Å². The van der Waals surface area contributed by atoms with E-state index in [-0.39, 0.29) is 18.5 Å². The Bertz CT molecular complexity index is 605. The van der Waals surface area contributed by atoms with Gasteiger partial charge in [-0.2, -0.15) is 0 Å². The minimum Gasteiger partial charge on any atom is -0.487 e. The lowest BCUT2D eigenvalue weighted by Crippen LogP contribution is -2.37. The number of nitrogens with two attached hydrogens (primary N) is 1. The number of halogens is 2. The Morgan fingerprint density at radius 3 is 3.05 bits per heavy atom. The zero-order valence-electron chi connectivity index (χ0n) is 10.9. The minimum atomic E-state index is 0. The van der Waals surface area contributed by atoms with Crippen molar-refractivity contribution in [2.75, 3.05) is 17.2 Å². The van der Waals surface area contributed by atoms with Crippen LogP contribution in [0.4, 0.5) is 10.8 Å². The zero-order chi connectivity index (χ0) is 13.4. The van der Waals surface area contributed by atoms with E-state index in [1.54, 1.807) is 0 Å². The monoisotopic (exact) mass is 331 g/mol. The third-order valence-electron chi connectivity index (χ3n) is 2.99. The van der Waals surface area contributed by atoms with Crippen LogP contribution in [0.15, 0.2) is 24.4 Å². The van der Waals surface area contributed by atoms with Crippen LogP contribution in [0.5, 0.6) is 5.75 Å². The number of benzene rings is 1. The summed E-state index contributed by atoms with van der Waals surface area (Å²) in [5, 5.41) is 1.31. The summed E-state index contributed by atoms with van der Waals surface area (Å²) in [6, 6.07) is 5.70. The van der Waals surface area contributed by atoms with Crippen molar-refractivity contribution in [3.05, 3.63) is 34.3 Å². The third kappa shape index (κ3) is 3.11. The zero-order valence-corrected chi connectivity index (χ0v) is 13.3. The van der Waals surface area contributed by atoms with Gasteiger partial charge in [0.25, 0.3) is 0 Å². The first-order valence-electron chi connectivity index (χ1n) is 6.03. The summed E-state index contributed by atoms with van der Waals surface area (Å²) < 4.78 is 5.82. The van der Waals surface area contributed by atoms with E-state index in [1.165, 1.54) is 11.3 Å². The number of rotatable bonds is 2. The van der Waals surface area contributed by atoms with Crippen molar-refractivity contribution in [3.8, 4) is 5.75 Å². The fourth-order valence-electron chi connectivity index (χ4n) is 2.23. The lowest BCUT2D eigenvalue weighted by Gasteiger charge is -2.34. The van der Waals surface area contributed by atoms with Gasteiger partial charge in [0.05, 0.1) is 18.8 Å². The third-order valence-corrected chi connectivity index (χ3v) is 4.03. The fourth-order valence-corrected chi connectivity index (χ4v) is 3.10. The Hall–Kier alpha value is -1.17. The van der Waals surface area contributed by atoms with E-state index in [0.29, 0.717) is 10.2 Å². The highest BCUT2D eigenvalue weighted by Gasteiger charge is 2.23. The fraction of sp³-hybridized carbons (Fsp3) is 0.308. The van der Waals surface area contributed by atoms with E-state index in [1.807, 2.05) is 24.4 Å². The van der Waals surface area contributed by atoms with Crippen molar-refractivity contribution in [3.63, 3.8) is 0 Å². The van der Waals surface area contributed by atoms with Gasteiger partial charge >= 0.3 is 0 Å². The number of anilines is 2. The molecule has 1 aliphatic heterocycles. The largest absolute Gasteiger partial charge is 0.487 e. The maximum absolute atomic E-state index is 6.07. The molecule has 1 aromatic carbocycles. The number of fused-ring (bicyclic) bond motifs is 1. The molecule has 0 radical (unpaired) electrons. The van der Waals surface area contributed by atoms with Crippen LogP contribution >= 0.6 is 35.3 Å². The maximum Gasteiger partial charge on any atom is 0.180 e. The Morgan fingerprint density at radius 1 is 1.55 bits per heavy atom. The molecule has 4 nitrogen and oxygen atoms in total. The summed E-state index contributed by atoms with van der Waals surface area (Å²) in [4.78, 5) is 7.48. The van der Waals surface area contributed by atoms with Crippen LogP contribution in [0.25, 0.3) is 0 Å². The van der Waals surface area contributed by atoms with E-state index in [4.69, 9.17) is 22.1 Å². The lowest BCUT2D eigenvalue weighted by molar-refractivity contribution is 0.212. The number of thiazole rings is 1. The Morgan fingerprint density at radius 2 is 2.35 bits per heavy atom. The predicted molar refractivity (Wildman–Crippen MR) is 86.4 cm³/mol. The molecule has 0 bridgehead atoms. The van der Waals surface area contributed by atoms with E-state index in [2.05, 4.69) is 16.8 Å². The summed E-state index contributed by atoms with van der Waals surface area (Å²) in [6.07, 6.45) is 1.98. The molecule has 2 heterocycles. The van der Waals surface area contributed by atoms with Gasteiger partial charge < -0.3 is 15.4 Å². The van der Waals surface area contributed by atoms with Gasteiger partial charge in [0, 0.05) is 16.1 Å². The topological polar surface area (TPSA) is 51.4 Å². The molecule has 108 valence electrons. The van der Waals surface area contributed by atoms with Crippen LogP contribution in [0.1, 0.15) is 11.8 Å². The van der Waals surface area contributed by atoms with Crippen molar-refractivity contribution in [2.24, 2.45) is 0 Å². The lowest BCUT2D eigenvalue weighted by atomic mass is 10.2. The highest BCUT2D eigenvalue weighted by Crippen LogP contribution is 2.36. The molecule has 0 fully saturated rings. The predicted octanol–water partition coefficient (Wildman–Crippen LogP) is 3.59. The smallest absolute Gasteiger partial charge is 0.180 e. The van der Waals surface area contributed by atoms with Crippen molar-refractivity contribution in [1.82, 2.24) is 4.98 Å². The van der Waals surface area contributed by atoms with Crippen molar-refractivity contribution >= 4 is 46.2 Å². The van der Waals surface area contributed by atoms with E-state index in [0.717, 1.165) is 29.4 Å². The summed E-state index contributed by atoms with van der Waals surface area (Å²) in [7, 11) is 0. The van der Waals surface area contributed by atoms with Crippen LogP contribution < -0.4 is 15.4 Å². The highest BCUT2D eigenvalue weighted by molar-refractivity contribution is 7.15. The molecule has 1 aromatic heterocycles. The van der Waals surface area contributed by atoms with Crippen molar-refractivity contribution < 1.29 is 4.74 Å². The van der Waals surface area contributed by atoms with Gasteiger partial charge in [-0.3, -0.25) is 0 Å². The molecule has 0 spiro atoms. The van der Waals surface area contributed by atoms with Crippen LogP contribution in [0.3, 0.4) is 0 Å². The molecule has 0 amide bonds. The van der Waals surface area contributed by atoms with Crippen LogP contribution in [-0.2, 0) is 6.54 Å². The summed E-state index contributed by atoms with van der Waals surface area (Å²) >= 11 is 7.59. The summed E-state index contributed by atoms with van der Waals surface area (Å²) in [6.45, 7) is 3.66. The summed E-state index contributed by atoms with van der Waals surface area (Å²) in [5.74, 6) is 0.876. The Labute approximate surface area is 132 Å². The van der Waals surface area contributed by atoms with Crippen LogP contribution in [0.2, 0.25) is 5.02 Å². The van der Waals surface area contributed by atoms with Gasteiger partial charge in [-0.05, 0) is 25.1 Å². The molecule has 0 saturated heterocycles. The first kappa shape index (κ1) is 15.2. The molecule has 1 unspecified atom stereocenters. The molecule has 1 atom stereocenters. The van der Waals surface area contributed by atoms with Gasteiger partial charge in [-0.25, -0.2) is 4.98 Å². The van der Waals surface area contributed by atoms with Gasteiger partial charge in [0.1, 0.15) is 11.9 Å². The standard InChI is InChI=1S/C13H14ClN3OS.ClH/c1-8-6-17(7-10-5-16-13(15)19-10)11-4-9(14)2-3-12(11)18-8;/h2-5,8H,6-7H2,1H3,(H2,15,16);1H. The maximum atomic E-state index is 6.07. The molecule has 1 aliphatic rings. The first-order valence-corrected chi connectivity index (χ1v) is 7.22. The van der Waals surface area contributed by atoms with Crippen LogP contribution in [-0.4, -0.2) is 17.6 Å². The number of ether oxygens (including phenoxy) is 1. The average molecular weight is 332 g/mol. The Kier molecular flexibility index (Phi) is 4.62. The molecular weight excluding hydrogens is 317 g/mol. The Balaban J connectivity index is 0.00000147. The van der Waals surface area contributed by atoms with Crippen molar-refractivity contribution in [2.45, 2.75) is 19.6 Å². The number of aromatic nitrogens is 1. The number of hydrogen-bond donors (Lipinski definition) is 1. The number of nitrogens with zero attached hydrogens (tertiary/aromatic N) is 2. The summed E-state index contributed by atoms with van der Waals surface area (Å²) in [5.41, 5.74) is 6.70. The molecule has 3 rings (SSSR count). The van der Waals surface area contributed by atoms with E-state index in [9.17, 15) is 0 Å². The normalized spacial score (nSPS) is 17.1. The second-order valence-electron chi connectivity index (χ2n) is 4.59. The molecule has 0 aliphatic carbocycles. The second kappa shape index (κ2) is 6.08. The molecule has 2 aromatic rings. The average Bonchev–Trinajstić information content (AvgIpc) is 2.76. The van der Waals surface area contributed by atoms with E-state index >= 15 is 0 Å². The molecule has 20 heavy (non-hydrogen) atoms. The van der Waals surface area contributed by atoms with Crippen LogP contribution in [0, 0.1) is 0 Å². The molecule has 2 N–H and O–H groups in total. The molecule has 0 saturated carbocycles. The second-order valence-corrected chi connectivity index (χ2v) is 6.17. The number of hydrogen-bond acceptors (Lipinski definition) is 5. The molecular formula is C13H15Cl2N3OS. The van der Waals surface area contributed by atoms with Gasteiger partial charge in [0.15, 0.2) is 5.13 Å².